The van der Waals surface area contributed by atoms with Crippen LogP contribution in [0.25, 0.3) is 22.0 Å². The predicted molar refractivity (Wildman–Crippen MR) is 117 cm³/mol. The molecule has 2 aromatic carbocycles. The number of fused-ring (bicyclic) bond motifs is 1. The van der Waals surface area contributed by atoms with Gasteiger partial charge in [0, 0.05) is 48.2 Å². The summed E-state index contributed by atoms with van der Waals surface area (Å²) in [6.45, 7) is 8.70. The summed E-state index contributed by atoms with van der Waals surface area (Å²) >= 11 is 0. The third kappa shape index (κ3) is 3.82. The Balaban J connectivity index is 1.62. The molecule has 1 aromatic heterocycles. The number of pyridine rings is 1. The second-order valence-electron chi connectivity index (χ2n) is 8.56. The number of hydrogen-bond acceptors (Lipinski definition) is 4. The van der Waals surface area contributed by atoms with Crippen LogP contribution in [0.4, 0.5) is 0 Å². The summed E-state index contributed by atoms with van der Waals surface area (Å²) in [5.74, 6) is 0. The molecule has 1 fully saturated rings. The Bertz CT molecular complexity index is 1140. The molecule has 5 nitrogen and oxygen atoms in total. The van der Waals surface area contributed by atoms with Gasteiger partial charge in [0.05, 0.1) is 11.6 Å². The molecule has 0 atom stereocenters. The predicted octanol–water partition coefficient (Wildman–Crippen LogP) is 3.59. The summed E-state index contributed by atoms with van der Waals surface area (Å²) in [6.07, 6.45) is 0. The van der Waals surface area contributed by atoms with Gasteiger partial charge in [0.15, 0.2) is 0 Å². The van der Waals surface area contributed by atoms with E-state index in [4.69, 9.17) is 0 Å². The van der Waals surface area contributed by atoms with Gasteiger partial charge >= 0.3 is 0 Å². The number of likely N-dealkylation sites (N-methyl/N-ethyl adjacent to an activating group) is 1. The van der Waals surface area contributed by atoms with Gasteiger partial charge in [-0.2, -0.15) is 5.26 Å². The van der Waals surface area contributed by atoms with Crippen molar-refractivity contribution >= 4 is 10.8 Å². The molecule has 1 aliphatic rings. The fraction of sp³-hybridized carbons (Fsp3) is 0.333. The van der Waals surface area contributed by atoms with Crippen molar-refractivity contribution in [2.24, 2.45) is 0 Å². The first kappa shape index (κ1) is 19.4. The first-order valence-electron chi connectivity index (χ1n) is 9.96. The molecule has 148 valence electrons. The maximum atomic E-state index is 12.5. The van der Waals surface area contributed by atoms with E-state index in [1.165, 1.54) is 5.56 Å². The molecule has 0 bridgehead atoms. The van der Waals surface area contributed by atoms with Crippen LogP contribution in [0.1, 0.15) is 25.0 Å². The van der Waals surface area contributed by atoms with Crippen molar-refractivity contribution in [3.05, 3.63) is 70.0 Å². The van der Waals surface area contributed by atoms with E-state index in [9.17, 15) is 10.1 Å². The smallest absolute Gasteiger partial charge is 0.256 e. The van der Waals surface area contributed by atoms with Gasteiger partial charge in [0.2, 0.25) is 0 Å². The zero-order chi connectivity index (χ0) is 20.6. The molecule has 0 aliphatic carbocycles. The van der Waals surface area contributed by atoms with Gasteiger partial charge in [-0.15, -0.1) is 0 Å². The number of nitriles is 1. The SMILES string of the molecule is CN1CCN(Cc2ccc(-c3cc4c(C#N)cccc4c(=O)[nH]3)cc2)C(C)(C)C1. The number of H-pyrrole nitrogens is 1. The van der Waals surface area contributed by atoms with E-state index in [2.05, 4.69) is 53.9 Å². The Labute approximate surface area is 171 Å². The maximum absolute atomic E-state index is 12.5. The summed E-state index contributed by atoms with van der Waals surface area (Å²) in [7, 11) is 2.18. The normalized spacial score (nSPS) is 17.3. The summed E-state index contributed by atoms with van der Waals surface area (Å²) in [6, 6.07) is 17.7. The zero-order valence-electron chi connectivity index (χ0n) is 17.2. The van der Waals surface area contributed by atoms with E-state index < -0.39 is 0 Å². The topological polar surface area (TPSA) is 63.1 Å². The van der Waals surface area contributed by atoms with Gasteiger partial charge < -0.3 is 9.88 Å². The van der Waals surface area contributed by atoms with Gasteiger partial charge in [-0.1, -0.05) is 30.3 Å². The third-order valence-corrected chi connectivity index (χ3v) is 5.91. The Hall–Kier alpha value is -2.94. The number of piperazine rings is 1. The van der Waals surface area contributed by atoms with Gasteiger partial charge in [0.1, 0.15) is 0 Å². The Kier molecular flexibility index (Phi) is 4.99. The van der Waals surface area contributed by atoms with Crippen molar-refractivity contribution < 1.29 is 0 Å². The first-order chi connectivity index (χ1) is 13.9. The van der Waals surface area contributed by atoms with Gasteiger partial charge in [-0.05, 0) is 50.2 Å². The minimum Gasteiger partial charge on any atom is -0.321 e. The second kappa shape index (κ2) is 7.47. The summed E-state index contributed by atoms with van der Waals surface area (Å²) < 4.78 is 0. The third-order valence-electron chi connectivity index (χ3n) is 5.91. The highest BCUT2D eigenvalue weighted by molar-refractivity contribution is 5.89. The van der Waals surface area contributed by atoms with Crippen molar-refractivity contribution in [2.45, 2.75) is 25.9 Å². The van der Waals surface area contributed by atoms with E-state index in [1.807, 2.05) is 18.2 Å². The van der Waals surface area contributed by atoms with Crippen LogP contribution >= 0.6 is 0 Å². The quantitative estimate of drug-likeness (QED) is 0.747. The lowest BCUT2D eigenvalue weighted by Crippen LogP contribution is -2.57. The van der Waals surface area contributed by atoms with E-state index in [1.54, 1.807) is 18.2 Å². The number of benzene rings is 2. The van der Waals surface area contributed by atoms with Crippen LogP contribution in [0.2, 0.25) is 0 Å². The van der Waals surface area contributed by atoms with Gasteiger partial charge in [0.25, 0.3) is 5.56 Å². The molecule has 1 N–H and O–H groups in total. The number of aromatic nitrogens is 1. The number of aromatic amines is 1. The van der Waals surface area contributed by atoms with Crippen LogP contribution in [0.5, 0.6) is 0 Å². The molecule has 0 unspecified atom stereocenters. The molecule has 29 heavy (non-hydrogen) atoms. The van der Waals surface area contributed by atoms with Crippen molar-refractivity contribution in [1.82, 2.24) is 14.8 Å². The highest BCUT2D eigenvalue weighted by Gasteiger charge is 2.31. The monoisotopic (exact) mass is 386 g/mol. The van der Waals surface area contributed by atoms with Crippen molar-refractivity contribution in [3.8, 4) is 17.3 Å². The summed E-state index contributed by atoms with van der Waals surface area (Å²) in [5.41, 5.74) is 3.42. The Morgan fingerprint density at radius 1 is 1.10 bits per heavy atom. The fourth-order valence-electron chi connectivity index (χ4n) is 4.28. The molecule has 1 saturated heterocycles. The van der Waals surface area contributed by atoms with Crippen molar-refractivity contribution in [3.63, 3.8) is 0 Å². The molecule has 0 spiro atoms. The number of nitrogens with one attached hydrogen (secondary N) is 1. The van der Waals surface area contributed by atoms with E-state index in [0.717, 1.165) is 37.4 Å². The van der Waals surface area contributed by atoms with Crippen LogP contribution in [0, 0.1) is 11.3 Å². The van der Waals surface area contributed by atoms with Crippen LogP contribution < -0.4 is 5.56 Å². The van der Waals surface area contributed by atoms with Gasteiger partial charge in [-0.3, -0.25) is 9.69 Å². The Morgan fingerprint density at radius 3 is 2.55 bits per heavy atom. The van der Waals surface area contributed by atoms with Crippen LogP contribution in [-0.4, -0.2) is 47.0 Å². The lowest BCUT2D eigenvalue weighted by molar-refractivity contribution is 0.0254. The highest BCUT2D eigenvalue weighted by Crippen LogP contribution is 2.25. The summed E-state index contributed by atoms with van der Waals surface area (Å²) in [4.78, 5) is 20.4. The van der Waals surface area contributed by atoms with Crippen LogP contribution in [0.15, 0.2) is 53.3 Å². The average molecular weight is 386 g/mol. The highest BCUT2D eigenvalue weighted by atomic mass is 16.1. The molecule has 3 aromatic rings. The largest absolute Gasteiger partial charge is 0.321 e. The van der Waals surface area contributed by atoms with Crippen molar-refractivity contribution in [1.29, 1.82) is 5.26 Å². The van der Waals surface area contributed by atoms with Crippen molar-refractivity contribution in [2.75, 3.05) is 26.7 Å². The molecule has 0 saturated carbocycles. The number of rotatable bonds is 3. The molecular formula is C24H26N4O. The molecule has 0 radical (unpaired) electrons. The molecule has 2 heterocycles. The molecule has 4 rings (SSSR count). The maximum Gasteiger partial charge on any atom is 0.256 e. The lowest BCUT2D eigenvalue weighted by atomic mass is 9.97. The fourth-order valence-corrected chi connectivity index (χ4v) is 4.28. The molecule has 5 heteroatoms. The molecule has 1 aliphatic heterocycles. The minimum absolute atomic E-state index is 0.142. The van der Waals surface area contributed by atoms with E-state index in [0.29, 0.717) is 16.3 Å². The van der Waals surface area contributed by atoms with Gasteiger partial charge in [-0.25, -0.2) is 0 Å². The first-order valence-corrected chi connectivity index (χ1v) is 9.96. The number of nitrogens with zero attached hydrogens (tertiary/aromatic N) is 3. The molecular weight excluding hydrogens is 360 g/mol. The minimum atomic E-state index is -0.169. The van der Waals surface area contributed by atoms with Crippen LogP contribution in [-0.2, 0) is 6.54 Å². The summed E-state index contributed by atoms with van der Waals surface area (Å²) in [5, 5.41) is 10.6. The number of hydrogen-bond donors (Lipinski definition) is 1. The lowest BCUT2D eigenvalue weighted by Gasteiger charge is -2.46. The standard InChI is InChI=1S/C24H26N4O/c1-24(2)16-27(3)11-12-28(24)15-17-7-9-18(10-8-17)22-13-21-19(14-25)5-4-6-20(21)23(29)26-22/h4-10,13H,11-12,15-16H2,1-3H3,(H,26,29). The second-order valence-corrected chi connectivity index (χ2v) is 8.56. The average Bonchev–Trinajstić information content (AvgIpc) is 2.70. The molecule has 0 amide bonds. The van der Waals surface area contributed by atoms with Crippen LogP contribution in [0.3, 0.4) is 0 Å². The van der Waals surface area contributed by atoms with E-state index in [-0.39, 0.29) is 11.1 Å². The van der Waals surface area contributed by atoms with E-state index >= 15 is 0 Å². The Morgan fingerprint density at radius 2 is 1.86 bits per heavy atom. The zero-order valence-corrected chi connectivity index (χ0v) is 17.2.